The molecule has 0 radical (unpaired) electrons. The van der Waals surface area contributed by atoms with Crippen LogP contribution in [-0.4, -0.2) is 52.2 Å². The molecule has 0 aliphatic rings. The van der Waals surface area contributed by atoms with E-state index >= 15 is 0 Å². The van der Waals surface area contributed by atoms with Crippen molar-refractivity contribution in [2.75, 3.05) is 13.2 Å². The zero-order valence-electron chi connectivity index (χ0n) is 14.5. The molecule has 0 fully saturated rings. The molecule has 1 heterocycles. The second-order valence-corrected chi connectivity index (χ2v) is 5.46. The first-order valence-corrected chi connectivity index (χ1v) is 8.24. The predicted octanol–water partition coefficient (Wildman–Crippen LogP) is 1.18. The van der Waals surface area contributed by atoms with Gasteiger partial charge in [0.25, 0.3) is 0 Å². The summed E-state index contributed by atoms with van der Waals surface area (Å²) in [5.74, 6) is -1.77. The lowest BCUT2D eigenvalue weighted by Gasteiger charge is -2.22. The summed E-state index contributed by atoms with van der Waals surface area (Å²) in [5.41, 5.74) is 0.603. The van der Waals surface area contributed by atoms with Crippen LogP contribution in [-0.2, 0) is 23.9 Å². The second kappa shape index (κ2) is 11.2. The van der Waals surface area contributed by atoms with Crippen molar-refractivity contribution in [3.8, 4) is 0 Å². The molecule has 2 unspecified atom stereocenters. The molecule has 0 aliphatic heterocycles. The normalized spacial score (nSPS) is 13.0. The van der Waals surface area contributed by atoms with E-state index in [1.807, 2.05) is 6.92 Å². The lowest BCUT2D eigenvalue weighted by Crippen LogP contribution is -2.37. The van der Waals surface area contributed by atoms with E-state index in [2.05, 4.69) is 15.3 Å². The van der Waals surface area contributed by atoms with Crippen molar-refractivity contribution < 1.29 is 29.0 Å². The highest BCUT2D eigenvalue weighted by molar-refractivity contribution is 5.70. The number of aromatic amines is 1. The maximum atomic E-state index is 11.7. The third-order valence-corrected chi connectivity index (χ3v) is 3.34. The van der Waals surface area contributed by atoms with Gasteiger partial charge in [0.15, 0.2) is 0 Å². The van der Waals surface area contributed by atoms with Gasteiger partial charge in [0, 0.05) is 25.6 Å². The smallest absolute Gasteiger partial charge is 0.306 e. The number of carbonyl (C=O) groups is 3. The first-order chi connectivity index (χ1) is 12.0. The molecule has 1 aromatic rings. The van der Waals surface area contributed by atoms with Gasteiger partial charge in [0.05, 0.1) is 24.5 Å². The predicted molar refractivity (Wildman–Crippen MR) is 87.6 cm³/mol. The molecule has 1 aromatic heterocycles. The first kappa shape index (κ1) is 20.6. The lowest BCUT2D eigenvalue weighted by atomic mass is 10.1. The average molecular weight is 355 g/mol. The zero-order valence-corrected chi connectivity index (χ0v) is 14.5. The van der Waals surface area contributed by atoms with E-state index in [1.165, 1.54) is 12.5 Å². The van der Waals surface area contributed by atoms with Crippen molar-refractivity contribution in [2.24, 2.45) is 0 Å². The van der Waals surface area contributed by atoms with Gasteiger partial charge in [-0.05, 0) is 6.42 Å². The van der Waals surface area contributed by atoms with Crippen LogP contribution in [0.2, 0.25) is 0 Å². The summed E-state index contributed by atoms with van der Waals surface area (Å²) in [6.45, 7) is 3.58. The molecular formula is C16H25N3O6. The summed E-state index contributed by atoms with van der Waals surface area (Å²) in [7, 11) is 0. The third-order valence-electron chi connectivity index (χ3n) is 3.34. The van der Waals surface area contributed by atoms with Gasteiger partial charge in [0.1, 0.15) is 12.7 Å². The minimum absolute atomic E-state index is 0.0854. The van der Waals surface area contributed by atoms with Crippen molar-refractivity contribution >= 4 is 17.9 Å². The van der Waals surface area contributed by atoms with E-state index in [9.17, 15) is 14.4 Å². The second-order valence-electron chi connectivity index (χ2n) is 5.46. The highest BCUT2D eigenvalue weighted by Gasteiger charge is 2.21. The minimum atomic E-state index is -0.982. The van der Waals surface area contributed by atoms with Crippen LogP contribution in [0.5, 0.6) is 0 Å². The number of ether oxygens (including phenoxy) is 2. The monoisotopic (exact) mass is 355 g/mol. The maximum Gasteiger partial charge on any atom is 0.306 e. The van der Waals surface area contributed by atoms with E-state index in [-0.39, 0.29) is 32.4 Å². The minimum Gasteiger partial charge on any atom is -0.481 e. The molecule has 0 spiro atoms. The summed E-state index contributed by atoms with van der Waals surface area (Å²) >= 11 is 0. The molecule has 0 saturated carbocycles. The van der Waals surface area contributed by atoms with Crippen LogP contribution in [0.15, 0.2) is 12.5 Å². The number of H-pyrrole nitrogens is 1. The molecular weight excluding hydrogens is 330 g/mol. The number of carboxylic acids is 1. The Labute approximate surface area is 146 Å². The van der Waals surface area contributed by atoms with Crippen molar-refractivity contribution in [3.05, 3.63) is 18.2 Å². The van der Waals surface area contributed by atoms with Gasteiger partial charge in [-0.3, -0.25) is 14.4 Å². The van der Waals surface area contributed by atoms with Gasteiger partial charge < -0.3 is 24.9 Å². The molecule has 25 heavy (non-hydrogen) atoms. The Balaban J connectivity index is 2.67. The summed E-state index contributed by atoms with van der Waals surface area (Å²) in [5, 5.41) is 12.1. The molecule has 140 valence electrons. The van der Waals surface area contributed by atoms with Gasteiger partial charge in [-0.2, -0.15) is 0 Å². The number of hydrogen-bond donors (Lipinski definition) is 3. The van der Waals surface area contributed by atoms with E-state index < -0.39 is 30.1 Å². The quantitative estimate of drug-likeness (QED) is 0.476. The Bertz CT molecular complexity index is 546. The number of imidazole rings is 1. The van der Waals surface area contributed by atoms with Gasteiger partial charge in [-0.1, -0.05) is 13.8 Å². The Morgan fingerprint density at radius 1 is 1.32 bits per heavy atom. The molecule has 9 heteroatoms. The fourth-order valence-electron chi connectivity index (χ4n) is 2.07. The first-order valence-electron chi connectivity index (χ1n) is 8.24. The number of esters is 2. The largest absolute Gasteiger partial charge is 0.481 e. The Kier molecular flexibility index (Phi) is 9.23. The molecule has 0 saturated heterocycles. The van der Waals surface area contributed by atoms with Gasteiger partial charge in [-0.25, -0.2) is 4.98 Å². The van der Waals surface area contributed by atoms with E-state index in [0.717, 1.165) is 0 Å². The van der Waals surface area contributed by atoms with Crippen LogP contribution in [0.4, 0.5) is 0 Å². The fraction of sp³-hybridized carbons (Fsp3) is 0.625. The van der Waals surface area contributed by atoms with Crippen LogP contribution in [0.1, 0.15) is 51.3 Å². The van der Waals surface area contributed by atoms with E-state index in [4.69, 9.17) is 14.6 Å². The van der Waals surface area contributed by atoms with Crippen molar-refractivity contribution in [1.82, 2.24) is 15.3 Å². The Morgan fingerprint density at radius 2 is 2.08 bits per heavy atom. The summed E-state index contributed by atoms with van der Waals surface area (Å²) in [6, 6.07) is -0.533. The number of carbonyl (C=O) groups excluding carboxylic acids is 2. The lowest BCUT2D eigenvalue weighted by molar-refractivity contribution is -0.158. The number of hydrogen-bond acceptors (Lipinski definition) is 7. The highest BCUT2D eigenvalue weighted by Crippen LogP contribution is 2.14. The standard InChI is InChI=1S/C16H25N3O6/c1-3-5-16(23)25-11(9-24-15(22)4-2)7-18-12(6-14(20)21)13-8-17-10-19-13/h8,10-12,18H,3-7,9H2,1-2H3,(H,17,19)(H,20,21). The molecule has 0 aliphatic carbocycles. The SMILES string of the molecule is CCCC(=O)OC(CNC(CC(=O)O)c1cnc[nH]1)COC(=O)CC. The van der Waals surface area contributed by atoms with Crippen LogP contribution >= 0.6 is 0 Å². The van der Waals surface area contributed by atoms with Crippen molar-refractivity contribution in [3.63, 3.8) is 0 Å². The summed E-state index contributed by atoms with van der Waals surface area (Å²) in [6.07, 6.45) is 3.23. The van der Waals surface area contributed by atoms with Crippen molar-refractivity contribution in [1.29, 1.82) is 0 Å². The number of carboxylic acid groups (broad SMARTS) is 1. The number of rotatable bonds is 12. The molecule has 3 N–H and O–H groups in total. The van der Waals surface area contributed by atoms with Crippen LogP contribution in [0.25, 0.3) is 0 Å². The van der Waals surface area contributed by atoms with Crippen LogP contribution in [0, 0.1) is 0 Å². The van der Waals surface area contributed by atoms with Gasteiger partial charge in [0.2, 0.25) is 0 Å². The summed E-state index contributed by atoms with van der Waals surface area (Å²) < 4.78 is 10.4. The molecule has 1 rings (SSSR count). The highest BCUT2D eigenvalue weighted by atomic mass is 16.6. The number of nitrogens with one attached hydrogen (secondary N) is 2. The third kappa shape index (κ3) is 8.30. The number of aromatic nitrogens is 2. The topological polar surface area (TPSA) is 131 Å². The van der Waals surface area contributed by atoms with E-state index in [0.29, 0.717) is 12.1 Å². The van der Waals surface area contributed by atoms with Gasteiger partial charge >= 0.3 is 17.9 Å². The maximum absolute atomic E-state index is 11.7. The fourth-order valence-corrected chi connectivity index (χ4v) is 2.07. The molecule has 0 aromatic carbocycles. The Morgan fingerprint density at radius 3 is 2.64 bits per heavy atom. The van der Waals surface area contributed by atoms with Crippen LogP contribution in [0.3, 0.4) is 0 Å². The Hall–Kier alpha value is -2.42. The molecule has 0 bridgehead atoms. The van der Waals surface area contributed by atoms with Gasteiger partial charge in [-0.15, -0.1) is 0 Å². The van der Waals surface area contributed by atoms with Crippen molar-refractivity contribution in [2.45, 2.75) is 51.7 Å². The van der Waals surface area contributed by atoms with E-state index in [1.54, 1.807) is 6.92 Å². The molecule has 0 amide bonds. The average Bonchev–Trinajstić information content (AvgIpc) is 3.09. The number of nitrogens with zero attached hydrogens (tertiary/aromatic N) is 1. The zero-order chi connectivity index (χ0) is 18.7. The summed E-state index contributed by atoms with van der Waals surface area (Å²) in [4.78, 5) is 40.8. The number of aliphatic carboxylic acids is 1. The molecule has 2 atom stereocenters. The molecule has 9 nitrogen and oxygen atoms in total. The van der Waals surface area contributed by atoms with Crippen LogP contribution < -0.4 is 5.32 Å².